The monoisotopic (exact) mass is 282 g/mol. The van der Waals surface area contributed by atoms with Crippen LogP contribution in [0.4, 0.5) is 5.69 Å². The summed E-state index contributed by atoms with van der Waals surface area (Å²) in [4.78, 5) is 12.2. The van der Waals surface area contributed by atoms with Gasteiger partial charge in [-0.25, -0.2) is 0 Å². The highest BCUT2D eigenvalue weighted by atomic mass is 16.5. The van der Waals surface area contributed by atoms with Gasteiger partial charge in [0.2, 0.25) is 0 Å². The van der Waals surface area contributed by atoms with Crippen molar-refractivity contribution in [2.45, 2.75) is 6.61 Å². The third-order valence-electron chi connectivity index (χ3n) is 3.07. The van der Waals surface area contributed by atoms with Gasteiger partial charge < -0.3 is 10.1 Å². The average molecular weight is 282 g/mol. The molecule has 6 nitrogen and oxygen atoms in total. The molecule has 0 spiro atoms. The summed E-state index contributed by atoms with van der Waals surface area (Å²) in [7, 11) is 1.64. The molecule has 0 radical (unpaired) electrons. The highest BCUT2D eigenvalue weighted by molar-refractivity contribution is 6.05. The van der Waals surface area contributed by atoms with Crippen molar-refractivity contribution in [3.8, 4) is 0 Å². The lowest BCUT2D eigenvalue weighted by molar-refractivity contribution is 0.102. The van der Waals surface area contributed by atoms with E-state index < -0.39 is 0 Å². The molecule has 1 heterocycles. The van der Waals surface area contributed by atoms with Crippen LogP contribution in [0.15, 0.2) is 42.5 Å². The number of ether oxygens (including phenoxy) is 1. The van der Waals surface area contributed by atoms with E-state index in [2.05, 4.69) is 20.7 Å². The fourth-order valence-corrected chi connectivity index (χ4v) is 2.09. The maximum atomic E-state index is 12.2. The summed E-state index contributed by atoms with van der Waals surface area (Å²) in [5.41, 5.74) is 3.66. The van der Waals surface area contributed by atoms with Crippen LogP contribution in [0.25, 0.3) is 11.0 Å². The molecule has 0 saturated heterocycles. The van der Waals surface area contributed by atoms with Gasteiger partial charge >= 0.3 is 0 Å². The Hall–Kier alpha value is -2.73. The van der Waals surface area contributed by atoms with Gasteiger partial charge in [0.15, 0.2) is 0 Å². The summed E-state index contributed by atoms with van der Waals surface area (Å²) >= 11 is 0. The van der Waals surface area contributed by atoms with Crippen molar-refractivity contribution >= 4 is 22.6 Å². The number of hydrogen-bond donors (Lipinski definition) is 2. The first-order chi connectivity index (χ1) is 10.3. The van der Waals surface area contributed by atoms with Gasteiger partial charge in [-0.1, -0.05) is 12.1 Å². The fourth-order valence-electron chi connectivity index (χ4n) is 2.09. The standard InChI is InChI=1S/C15H14N4O2/c1-21-9-10-3-2-4-12(7-10)16-15(20)11-5-6-13-14(8-11)18-19-17-13/h2-8H,9H2,1H3,(H,16,20)(H,17,18,19). The van der Waals surface area contributed by atoms with E-state index in [1.54, 1.807) is 25.3 Å². The molecule has 0 unspecified atom stereocenters. The number of benzene rings is 2. The Balaban J connectivity index is 1.80. The minimum atomic E-state index is -0.186. The smallest absolute Gasteiger partial charge is 0.255 e. The molecule has 0 fully saturated rings. The molecule has 3 aromatic rings. The first-order valence-electron chi connectivity index (χ1n) is 6.46. The molecule has 2 aromatic carbocycles. The van der Waals surface area contributed by atoms with E-state index in [4.69, 9.17) is 4.74 Å². The normalized spacial score (nSPS) is 10.7. The number of carbonyl (C=O) groups is 1. The molecule has 0 saturated carbocycles. The first kappa shape index (κ1) is 13.3. The van der Waals surface area contributed by atoms with Gasteiger partial charge in [0.05, 0.1) is 6.61 Å². The van der Waals surface area contributed by atoms with E-state index in [0.717, 1.165) is 16.8 Å². The second-order valence-electron chi connectivity index (χ2n) is 4.61. The molecular weight excluding hydrogens is 268 g/mol. The summed E-state index contributed by atoms with van der Waals surface area (Å²) in [6.07, 6.45) is 0. The number of aromatic nitrogens is 3. The summed E-state index contributed by atoms with van der Waals surface area (Å²) in [5, 5.41) is 13.3. The number of hydrogen-bond acceptors (Lipinski definition) is 4. The van der Waals surface area contributed by atoms with Crippen LogP contribution in [-0.2, 0) is 11.3 Å². The molecule has 0 bridgehead atoms. The van der Waals surface area contributed by atoms with E-state index in [1.807, 2.05) is 24.3 Å². The number of nitrogens with zero attached hydrogens (tertiary/aromatic N) is 2. The molecule has 1 amide bonds. The van der Waals surface area contributed by atoms with E-state index in [-0.39, 0.29) is 5.91 Å². The van der Waals surface area contributed by atoms with Crippen LogP contribution in [0.5, 0.6) is 0 Å². The lowest BCUT2D eigenvalue weighted by atomic mass is 10.1. The summed E-state index contributed by atoms with van der Waals surface area (Å²) < 4.78 is 5.08. The Morgan fingerprint density at radius 2 is 2.05 bits per heavy atom. The van der Waals surface area contributed by atoms with Crippen molar-refractivity contribution in [2.75, 3.05) is 12.4 Å². The summed E-state index contributed by atoms with van der Waals surface area (Å²) in [6, 6.07) is 12.7. The zero-order chi connectivity index (χ0) is 14.7. The number of nitrogens with one attached hydrogen (secondary N) is 2. The number of anilines is 1. The Morgan fingerprint density at radius 1 is 1.19 bits per heavy atom. The van der Waals surface area contributed by atoms with E-state index in [9.17, 15) is 4.79 Å². The van der Waals surface area contributed by atoms with Crippen LogP contribution >= 0.6 is 0 Å². The quantitative estimate of drug-likeness (QED) is 0.769. The molecule has 0 aliphatic carbocycles. The Morgan fingerprint density at radius 3 is 2.90 bits per heavy atom. The van der Waals surface area contributed by atoms with E-state index in [1.165, 1.54) is 0 Å². The predicted octanol–water partition coefficient (Wildman–Crippen LogP) is 2.36. The number of carbonyl (C=O) groups excluding carboxylic acids is 1. The summed E-state index contributed by atoms with van der Waals surface area (Å²) in [5.74, 6) is -0.186. The van der Waals surface area contributed by atoms with Crippen LogP contribution < -0.4 is 5.32 Å². The molecule has 21 heavy (non-hydrogen) atoms. The topological polar surface area (TPSA) is 79.9 Å². The SMILES string of the molecule is COCc1cccc(NC(=O)c2ccc3n[nH]nc3c2)c1. The molecule has 1 aromatic heterocycles. The first-order valence-corrected chi connectivity index (χ1v) is 6.46. The lowest BCUT2D eigenvalue weighted by Gasteiger charge is -2.07. The second-order valence-corrected chi connectivity index (χ2v) is 4.61. The van der Waals surface area contributed by atoms with Gasteiger partial charge in [0.25, 0.3) is 5.91 Å². The number of methoxy groups -OCH3 is 1. The van der Waals surface area contributed by atoms with Crippen LogP contribution in [0, 0.1) is 0 Å². The second kappa shape index (κ2) is 5.72. The molecule has 106 valence electrons. The minimum Gasteiger partial charge on any atom is -0.380 e. The Kier molecular flexibility index (Phi) is 3.61. The molecule has 2 N–H and O–H groups in total. The van der Waals surface area contributed by atoms with Crippen molar-refractivity contribution in [1.29, 1.82) is 0 Å². The average Bonchev–Trinajstić information content (AvgIpc) is 2.95. The fraction of sp³-hybridized carbons (Fsp3) is 0.133. The zero-order valence-corrected chi connectivity index (χ0v) is 11.5. The maximum Gasteiger partial charge on any atom is 0.255 e. The van der Waals surface area contributed by atoms with E-state index in [0.29, 0.717) is 17.7 Å². The largest absolute Gasteiger partial charge is 0.380 e. The van der Waals surface area contributed by atoms with Gasteiger partial charge in [-0.3, -0.25) is 4.79 Å². The van der Waals surface area contributed by atoms with E-state index >= 15 is 0 Å². The third kappa shape index (κ3) is 2.90. The Bertz CT molecular complexity index is 782. The van der Waals surface area contributed by atoms with Crippen LogP contribution in [-0.4, -0.2) is 28.4 Å². The summed E-state index contributed by atoms with van der Waals surface area (Å²) in [6.45, 7) is 0.509. The van der Waals surface area contributed by atoms with Crippen LogP contribution in [0.2, 0.25) is 0 Å². The molecule has 3 rings (SSSR count). The number of rotatable bonds is 4. The number of aromatic amines is 1. The minimum absolute atomic E-state index is 0.186. The Labute approximate surface area is 121 Å². The van der Waals surface area contributed by atoms with Crippen molar-refractivity contribution < 1.29 is 9.53 Å². The number of H-pyrrole nitrogens is 1. The molecule has 0 aliphatic rings. The highest BCUT2D eigenvalue weighted by Gasteiger charge is 2.08. The third-order valence-corrected chi connectivity index (χ3v) is 3.07. The molecule has 6 heteroatoms. The van der Waals surface area contributed by atoms with Crippen molar-refractivity contribution in [2.24, 2.45) is 0 Å². The number of amides is 1. The zero-order valence-electron chi connectivity index (χ0n) is 11.5. The lowest BCUT2D eigenvalue weighted by Crippen LogP contribution is -2.12. The van der Waals surface area contributed by atoms with Crippen molar-refractivity contribution in [3.63, 3.8) is 0 Å². The predicted molar refractivity (Wildman–Crippen MR) is 79.0 cm³/mol. The van der Waals surface area contributed by atoms with Crippen molar-refractivity contribution in [1.82, 2.24) is 15.4 Å². The molecule has 0 atom stereocenters. The van der Waals surface area contributed by atoms with Gasteiger partial charge in [0.1, 0.15) is 11.0 Å². The van der Waals surface area contributed by atoms with Gasteiger partial charge in [0, 0.05) is 18.4 Å². The van der Waals surface area contributed by atoms with Gasteiger partial charge in [-0.2, -0.15) is 15.4 Å². The van der Waals surface area contributed by atoms with Crippen LogP contribution in [0.3, 0.4) is 0 Å². The van der Waals surface area contributed by atoms with Gasteiger partial charge in [-0.05, 0) is 35.9 Å². The molecular formula is C15H14N4O2. The van der Waals surface area contributed by atoms with Gasteiger partial charge in [-0.15, -0.1) is 0 Å². The van der Waals surface area contributed by atoms with Crippen LogP contribution in [0.1, 0.15) is 15.9 Å². The van der Waals surface area contributed by atoms with Crippen molar-refractivity contribution in [3.05, 3.63) is 53.6 Å². The number of fused-ring (bicyclic) bond motifs is 1. The molecule has 0 aliphatic heterocycles. The highest BCUT2D eigenvalue weighted by Crippen LogP contribution is 2.15. The maximum absolute atomic E-state index is 12.2.